The van der Waals surface area contributed by atoms with E-state index in [2.05, 4.69) is 10.3 Å². The number of hydrogen-bond acceptors (Lipinski definition) is 5. The highest BCUT2D eigenvalue weighted by Crippen LogP contribution is 2.29. The molecule has 25 heavy (non-hydrogen) atoms. The van der Waals surface area contributed by atoms with Crippen LogP contribution >= 0.6 is 23.7 Å². The largest absolute Gasteiger partial charge is 0.309 e. The summed E-state index contributed by atoms with van der Waals surface area (Å²) < 4.78 is 27.8. The number of hydrogen-bond donors (Lipinski definition) is 1. The molecule has 2 atom stereocenters. The smallest absolute Gasteiger partial charge is 0.243 e. The van der Waals surface area contributed by atoms with Gasteiger partial charge >= 0.3 is 0 Å². The molecular formula is C17H22ClN3O2S2. The van der Waals surface area contributed by atoms with Gasteiger partial charge in [0.05, 0.1) is 4.90 Å². The first kappa shape index (κ1) is 18.8. The second-order valence-electron chi connectivity index (χ2n) is 6.64. The van der Waals surface area contributed by atoms with Gasteiger partial charge in [0.2, 0.25) is 10.0 Å². The van der Waals surface area contributed by atoms with Gasteiger partial charge in [-0.1, -0.05) is 18.6 Å². The summed E-state index contributed by atoms with van der Waals surface area (Å²) in [4.78, 5) is 4.83. The molecule has 2 aliphatic rings. The molecule has 2 fully saturated rings. The number of aromatic nitrogens is 1. The number of thiazole rings is 1. The lowest BCUT2D eigenvalue weighted by molar-refractivity contribution is 0.190. The van der Waals surface area contributed by atoms with Crippen LogP contribution in [0, 0.1) is 6.92 Å². The summed E-state index contributed by atoms with van der Waals surface area (Å²) in [6, 6.07) is 7.75. The van der Waals surface area contributed by atoms with E-state index in [1.165, 1.54) is 6.42 Å². The van der Waals surface area contributed by atoms with Crippen molar-refractivity contribution in [1.29, 1.82) is 0 Å². The number of fused-ring (bicyclic) bond motifs is 2. The van der Waals surface area contributed by atoms with Crippen LogP contribution < -0.4 is 5.32 Å². The predicted molar refractivity (Wildman–Crippen MR) is 103 cm³/mol. The van der Waals surface area contributed by atoms with Crippen LogP contribution in [-0.2, 0) is 10.0 Å². The zero-order valence-electron chi connectivity index (χ0n) is 14.0. The van der Waals surface area contributed by atoms with Crippen LogP contribution in [0.15, 0.2) is 34.5 Å². The summed E-state index contributed by atoms with van der Waals surface area (Å²) in [5.41, 5.74) is 1.82. The fourth-order valence-corrected chi connectivity index (χ4v) is 5.96. The second-order valence-corrected chi connectivity index (χ2v) is 9.43. The number of rotatable bonds is 3. The topological polar surface area (TPSA) is 62.3 Å². The minimum Gasteiger partial charge on any atom is -0.309 e. The number of nitrogens with zero attached hydrogens (tertiary/aromatic N) is 2. The Morgan fingerprint density at radius 2 is 1.96 bits per heavy atom. The molecule has 5 nitrogen and oxygen atoms in total. The van der Waals surface area contributed by atoms with E-state index in [0.717, 1.165) is 29.1 Å². The van der Waals surface area contributed by atoms with Crippen LogP contribution in [0.4, 0.5) is 0 Å². The molecular weight excluding hydrogens is 378 g/mol. The van der Waals surface area contributed by atoms with Gasteiger partial charge in [0.15, 0.2) is 0 Å². The molecule has 2 saturated heterocycles. The third kappa shape index (κ3) is 3.75. The number of sulfonamides is 1. The highest BCUT2D eigenvalue weighted by molar-refractivity contribution is 7.89. The number of nitrogens with one attached hydrogen (secondary N) is 1. The zero-order chi connectivity index (χ0) is 16.7. The molecule has 0 saturated carbocycles. The monoisotopic (exact) mass is 399 g/mol. The fraction of sp³-hybridized carbons (Fsp3) is 0.471. The first-order chi connectivity index (χ1) is 11.5. The molecule has 0 radical (unpaired) electrons. The summed E-state index contributed by atoms with van der Waals surface area (Å²) in [6.45, 7) is 3.08. The van der Waals surface area contributed by atoms with Gasteiger partial charge in [-0.2, -0.15) is 4.31 Å². The number of piperidine rings is 1. The molecule has 0 amide bonds. The molecule has 0 aliphatic carbocycles. The van der Waals surface area contributed by atoms with Crippen molar-refractivity contribution < 1.29 is 8.42 Å². The van der Waals surface area contributed by atoms with Gasteiger partial charge in [0.25, 0.3) is 0 Å². The van der Waals surface area contributed by atoms with Crippen LogP contribution in [0.5, 0.6) is 0 Å². The van der Waals surface area contributed by atoms with Gasteiger partial charge in [-0.05, 0) is 31.9 Å². The van der Waals surface area contributed by atoms with Crippen LogP contribution in [0.2, 0.25) is 0 Å². The van der Waals surface area contributed by atoms with Crippen molar-refractivity contribution in [3.63, 3.8) is 0 Å². The maximum absolute atomic E-state index is 13.1. The minimum absolute atomic E-state index is 0. The Kier molecular flexibility index (Phi) is 5.51. The van der Waals surface area contributed by atoms with E-state index in [-0.39, 0.29) is 24.5 Å². The molecule has 1 aromatic heterocycles. The van der Waals surface area contributed by atoms with Crippen molar-refractivity contribution in [2.45, 2.75) is 43.2 Å². The summed E-state index contributed by atoms with van der Waals surface area (Å²) in [7, 11) is -3.46. The highest BCUT2D eigenvalue weighted by atomic mass is 35.5. The van der Waals surface area contributed by atoms with Crippen molar-refractivity contribution in [2.75, 3.05) is 13.1 Å². The van der Waals surface area contributed by atoms with Gasteiger partial charge < -0.3 is 5.32 Å². The van der Waals surface area contributed by atoms with E-state index in [1.807, 2.05) is 24.4 Å². The third-order valence-electron chi connectivity index (χ3n) is 4.76. The average molecular weight is 400 g/mol. The second kappa shape index (κ2) is 7.32. The fourth-order valence-electron chi connectivity index (χ4n) is 3.59. The van der Waals surface area contributed by atoms with Crippen molar-refractivity contribution in [3.8, 4) is 10.6 Å². The zero-order valence-corrected chi connectivity index (χ0v) is 16.5. The molecule has 3 heterocycles. The van der Waals surface area contributed by atoms with Gasteiger partial charge in [0, 0.05) is 41.8 Å². The first-order valence-electron chi connectivity index (χ1n) is 8.31. The Morgan fingerprint density at radius 1 is 1.24 bits per heavy atom. The maximum atomic E-state index is 13.1. The van der Waals surface area contributed by atoms with E-state index >= 15 is 0 Å². The standard InChI is InChI=1S/C17H21N3O2S2.ClH/c1-12-11-23-17(18-12)13-4-2-7-16(8-13)24(21,22)20-9-14-5-3-6-15(10-20)19-14;/h2,4,7-8,11,14-15,19H,3,5-6,9-10H2,1H3;1H. The van der Waals surface area contributed by atoms with E-state index in [1.54, 1.807) is 27.8 Å². The Bertz CT molecular complexity index is 841. The van der Waals surface area contributed by atoms with Gasteiger partial charge in [-0.25, -0.2) is 13.4 Å². The Balaban J connectivity index is 0.00000182. The molecule has 1 aromatic carbocycles. The quantitative estimate of drug-likeness (QED) is 0.861. The first-order valence-corrected chi connectivity index (χ1v) is 10.6. The Labute approximate surface area is 158 Å². The van der Waals surface area contributed by atoms with E-state index in [4.69, 9.17) is 0 Å². The molecule has 8 heteroatoms. The van der Waals surface area contributed by atoms with Crippen molar-refractivity contribution in [2.24, 2.45) is 0 Å². The van der Waals surface area contributed by atoms with Crippen LogP contribution in [0.1, 0.15) is 25.0 Å². The van der Waals surface area contributed by atoms with Crippen LogP contribution in [0.3, 0.4) is 0 Å². The number of benzene rings is 1. The Morgan fingerprint density at radius 3 is 2.60 bits per heavy atom. The average Bonchev–Trinajstić information content (AvgIpc) is 3.01. The number of piperazine rings is 1. The highest BCUT2D eigenvalue weighted by Gasteiger charge is 2.36. The summed E-state index contributed by atoms with van der Waals surface area (Å²) in [5, 5.41) is 6.37. The number of halogens is 1. The van der Waals surface area contributed by atoms with Crippen LogP contribution in [-0.4, -0.2) is 42.9 Å². The van der Waals surface area contributed by atoms with Gasteiger partial charge in [-0.15, -0.1) is 23.7 Å². The van der Waals surface area contributed by atoms with E-state index < -0.39 is 10.0 Å². The molecule has 1 N–H and O–H groups in total. The van der Waals surface area contributed by atoms with Crippen molar-refractivity contribution in [3.05, 3.63) is 35.3 Å². The molecule has 0 spiro atoms. The lowest BCUT2D eigenvalue weighted by Gasteiger charge is -2.41. The predicted octanol–water partition coefficient (Wildman–Crippen LogP) is 3.06. The molecule has 2 bridgehead atoms. The molecule has 2 unspecified atom stereocenters. The molecule has 2 aromatic rings. The SMILES string of the molecule is Cc1csc(-c2cccc(S(=O)(=O)N3CC4CCCC(C3)N4)c2)n1.Cl. The Hall–Kier alpha value is -0.990. The summed E-state index contributed by atoms with van der Waals surface area (Å²) >= 11 is 1.54. The van der Waals surface area contributed by atoms with Crippen LogP contribution in [0.25, 0.3) is 10.6 Å². The minimum atomic E-state index is -3.46. The molecule has 136 valence electrons. The lowest BCUT2D eigenvalue weighted by Crippen LogP contribution is -2.59. The summed E-state index contributed by atoms with van der Waals surface area (Å²) in [6.07, 6.45) is 3.30. The third-order valence-corrected chi connectivity index (χ3v) is 7.60. The van der Waals surface area contributed by atoms with Crippen molar-refractivity contribution in [1.82, 2.24) is 14.6 Å². The lowest BCUT2D eigenvalue weighted by atomic mass is 9.96. The number of aryl methyl sites for hydroxylation is 1. The van der Waals surface area contributed by atoms with Gasteiger partial charge in [-0.3, -0.25) is 0 Å². The van der Waals surface area contributed by atoms with E-state index in [0.29, 0.717) is 18.0 Å². The summed E-state index contributed by atoms with van der Waals surface area (Å²) in [5.74, 6) is 0. The van der Waals surface area contributed by atoms with E-state index in [9.17, 15) is 8.42 Å². The molecule has 4 rings (SSSR count). The maximum Gasteiger partial charge on any atom is 0.243 e. The van der Waals surface area contributed by atoms with Gasteiger partial charge in [0.1, 0.15) is 5.01 Å². The normalized spacial score (nSPS) is 23.9. The molecule has 2 aliphatic heterocycles. The van der Waals surface area contributed by atoms with Crippen molar-refractivity contribution >= 4 is 33.8 Å².